The molecule has 0 saturated carbocycles. The topological polar surface area (TPSA) is 65.1 Å². The molecule has 3 aliphatic rings. The molecule has 7 nitrogen and oxygen atoms in total. The molecule has 0 aliphatic carbocycles. The molecule has 0 aromatic carbocycles. The van der Waals surface area contributed by atoms with E-state index in [1.54, 1.807) is 0 Å². The van der Waals surface area contributed by atoms with Crippen LogP contribution in [-0.2, 0) is 14.3 Å². The first-order valence-electron chi connectivity index (χ1n) is 10.2. The fraction of sp³-hybridized carbons (Fsp3) is 0.895. The highest BCUT2D eigenvalue weighted by Crippen LogP contribution is 2.17. The number of nitrogens with zero attached hydrogens (tertiary/aromatic N) is 3. The first-order valence-corrected chi connectivity index (χ1v) is 10.2. The van der Waals surface area contributed by atoms with Crippen molar-refractivity contribution in [3.05, 3.63) is 0 Å². The Morgan fingerprint density at radius 3 is 2.35 bits per heavy atom. The number of piperazine rings is 1. The van der Waals surface area contributed by atoms with Crippen molar-refractivity contribution in [1.82, 2.24) is 20.0 Å². The van der Waals surface area contributed by atoms with Gasteiger partial charge in [0, 0.05) is 51.9 Å². The van der Waals surface area contributed by atoms with Crippen LogP contribution in [-0.4, -0.2) is 97.6 Å². The van der Waals surface area contributed by atoms with E-state index in [0.717, 1.165) is 65.0 Å². The highest BCUT2D eigenvalue weighted by Gasteiger charge is 2.26. The van der Waals surface area contributed by atoms with Crippen LogP contribution in [0, 0.1) is 0 Å². The van der Waals surface area contributed by atoms with Gasteiger partial charge in [-0.25, -0.2) is 0 Å². The van der Waals surface area contributed by atoms with Crippen molar-refractivity contribution in [2.45, 2.75) is 51.2 Å². The number of nitrogens with one attached hydrogen (secondary N) is 1. The van der Waals surface area contributed by atoms with Gasteiger partial charge in [0.05, 0.1) is 19.2 Å². The minimum Gasteiger partial charge on any atom is -0.376 e. The summed E-state index contributed by atoms with van der Waals surface area (Å²) in [6.45, 7) is 8.86. The van der Waals surface area contributed by atoms with E-state index in [-0.39, 0.29) is 17.9 Å². The lowest BCUT2D eigenvalue weighted by Crippen LogP contribution is -2.53. The molecule has 3 fully saturated rings. The smallest absolute Gasteiger partial charge is 0.236 e. The molecule has 0 spiro atoms. The third kappa shape index (κ3) is 5.66. The van der Waals surface area contributed by atoms with Crippen LogP contribution in [0.2, 0.25) is 0 Å². The summed E-state index contributed by atoms with van der Waals surface area (Å²) < 4.78 is 5.53. The summed E-state index contributed by atoms with van der Waals surface area (Å²) in [6.07, 6.45) is 5.82. The van der Waals surface area contributed by atoms with Crippen molar-refractivity contribution in [3.63, 3.8) is 0 Å². The SMILES string of the molecule is CC1CCCCN1C(=O)CN1CCN(CC(=O)NCC2CCCO2)CC1. The van der Waals surface area contributed by atoms with Crippen LogP contribution in [0.3, 0.4) is 0 Å². The van der Waals surface area contributed by atoms with Crippen LogP contribution in [0.4, 0.5) is 0 Å². The number of amides is 2. The molecular weight excluding hydrogens is 332 g/mol. The van der Waals surface area contributed by atoms with Gasteiger partial charge >= 0.3 is 0 Å². The van der Waals surface area contributed by atoms with Gasteiger partial charge in [0.2, 0.25) is 11.8 Å². The van der Waals surface area contributed by atoms with Gasteiger partial charge in [-0.1, -0.05) is 0 Å². The van der Waals surface area contributed by atoms with E-state index < -0.39 is 0 Å². The zero-order chi connectivity index (χ0) is 18.4. The number of piperidine rings is 1. The van der Waals surface area contributed by atoms with Gasteiger partial charge in [-0.05, 0) is 39.0 Å². The zero-order valence-corrected chi connectivity index (χ0v) is 16.1. The molecular formula is C19H34N4O3. The number of carbonyl (C=O) groups is 2. The summed E-state index contributed by atoms with van der Waals surface area (Å²) in [6, 6.07) is 0.380. The average Bonchev–Trinajstić information content (AvgIpc) is 3.15. The van der Waals surface area contributed by atoms with Gasteiger partial charge < -0.3 is 15.0 Å². The summed E-state index contributed by atoms with van der Waals surface area (Å²) in [7, 11) is 0. The second-order valence-electron chi connectivity index (χ2n) is 7.92. The highest BCUT2D eigenvalue weighted by atomic mass is 16.5. The fourth-order valence-corrected chi connectivity index (χ4v) is 4.15. The number of likely N-dealkylation sites (tertiary alicyclic amines) is 1. The lowest BCUT2D eigenvalue weighted by atomic mass is 10.0. The van der Waals surface area contributed by atoms with Crippen LogP contribution in [0.1, 0.15) is 39.0 Å². The molecule has 3 rings (SSSR count). The highest BCUT2D eigenvalue weighted by molar-refractivity contribution is 5.79. The van der Waals surface area contributed by atoms with E-state index >= 15 is 0 Å². The van der Waals surface area contributed by atoms with Crippen LogP contribution in [0.25, 0.3) is 0 Å². The zero-order valence-electron chi connectivity index (χ0n) is 16.1. The Kier molecular flexibility index (Phi) is 7.28. The molecule has 148 valence electrons. The van der Waals surface area contributed by atoms with Crippen LogP contribution >= 0.6 is 0 Å². The van der Waals surface area contributed by atoms with Crippen molar-refractivity contribution >= 4 is 11.8 Å². The number of rotatable bonds is 6. The summed E-state index contributed by atoms with van der Waals surface area (Å²) in [5, 5.41) is 2.98. The molecule has 3 aliphatic heterocycles. The van der Waals surface area contributed by atoms with Crippen LogP contribution < -0.4 is 5.32 Å². The third-order valence-corrected chi connectivity index (χ3v) is 5.87. The summed E-state index contributed by atoms with van der Waals surface area (Å²) in [5.74, 6) is 0.340. The quantitative estimate of drug-likeness (QED) is 0.733. The number of carbonyl (C=O) groups excluding carboxylic acids is 2. The van der Waals surface area contributed by atoms with Gasteiger partial charge in [-0.3, -0.25) is 19.4 Å². The van der Waals surface area contributed by atoms with Crippen LogP contribution in [0.15, 0.2) is 0 Å². The number of hydrogen-bond acceptors (Lipinski definition) is 5. The van der Waals surface area contributed by atoms with Crippen molar-refractivity contribution < 1.29 is 14.3 Å². The lowest BCUT2D eigenvalue weighted by molar-refractivity contribution is -0.136. The van der Waals surface area contributed by atoms with E-state index in [4.69, 9.17) is 4.74 Å². The van der Waals surface area contributed by atoms with E-state index in [9.17, 15) is 9.59 Å². The van der Waals surface area contributed by atoms with Gasteiger partial charge in [0.1, 0.15) is 0 Å². The monoisotopic (exact) mass is 366 g/mol. The van der Waals surface area contributed by atoms with Gasteiger partial charge in [0.15, 0.2) is 0 Å². The van der Waals surface area contributed by atoms with Crippen molar-refractivity contribution in [3.8, 4) is 0 Å². The van der Waals surface area contributed by atoms with Gasteiger partial charge in [-0.2, -0.15) is 0 Å². The van der Waals surface area contributed by atoms with E-state index in [2.05, 4.69) is 26.9 Å². The predicted octanol–water partition coefficient (Wildman–Crippen LogP) is 0.300. The second-order valence-corrected chi connectivity index (χ2v) is 7.92. The Bertz CT molecular complexity index is 473. The molecule has 7 heteroatoms. The lowest BCUT2D eigenvalue weighted by Gasteiger charge is -2.37. The average molecular weight is 367 g/mol. The van der Waals surface area contributed by atoms with Crippen molar-refractivity contribution in [2.24, 2.45) is 0 Å². The molecule has 1 N–H and O–H groups in total. The Morgan fingerprint density at radius 2 is 1.69 bits per heavy atom. The van der Waals surface area contributed by atoms with Crippen molar-refractivity contribution in [2.75, 3.05) is 59.0 Å². The standard InChI is InChI=1S/C19H34N4O3/c1-16-5-2-3-7-23(16)19(25)15-22-10-8-21(9-11-22)14-18(24)20-13-17-6-4-12-26-17/h16-17H,2-15H2,1H3,(H,20,24). The first kappa shape index (κ1) is 19.6. The summed E-state index contributed by atoms with van der Waals surface area (Å²) >= 11 is 0. The van der Waals surface area contributed by atoms with E-state index in [0.29, 0.717) is 25.7 Å². The fourth-order valence-electron chi connectivity index (χ4n) is 4.15. The van der Waals surface area contributed by atoms with Gasteiger partial charge in [-0.15, -0.1) is 0 Å². The maximum Gasteiger partial charge on any atom is 0.236 e. The first-order chi connectivity index (χ1) is 12.6. The molecule has 2 amide bonds. The summed E-state index contributed by atoms with van der Waals surface area (Å²) in [5.41, 5.74) is 0. The Labute approximate surface area is 157 Å². The molecule has 0 radical (unpaired) electrons. The molecule has 26 heavy (non-hydrogen) atoms. The molecule has 2 unspecified atom stereocenters. The Balaban J connectivity index is 1.32. The van der Waals surface area contributed by atoms with Crippen molar-refractivity contribution in [1.29, 1.82) is 0 Å². The minimum absolute atomic E-state index is 0.0761. The molecule has 2 atom stereocenters. The minimum atomic E-state index is 0.0761. The normalized spacial score (nSPS) is 28.3. The maximum absolute atomic E-state index is 12.5. The predicted molar refractivity (Wildman–Crippen MR) is 99.9 cm³/mol. The molecule has 0 aromatic heterocycles. The maximum atomic E-state index is 12.5. The molecule has 0 aromatic rings. The van der Waals surface area contributed by atoms with E-state index in [1.807, 2.05) is 0 Å². The molecule has 0 bridgehead atoms. The molecule has 3 saturated heterocycles. The summed E-state index contributed by atoms with van der Waals surface area (Å²) in [4.78, 5) is 31.1. The largest absolute Gasteiger partial charge is 0.376 e. The Hall–Kier alpha value is -1.18. The second kappa shape index (κ2) is 9.67. The Morgan fingerprint density at radius 1 is 0.962 bits per heavy atom. The number of hydrogen-bond donors (Lipinski definition) is 1. The van der Waals surface area contributed by atoms with E-state index in [1.165, 1.54) is 6.42 Å². The molecule has 3 heterocycles. The number of ether oxygens (including phenoxy) is 1. The van der Waals surface area contributed by atoms with Gasteiger partial charge in [0.25, 0.3) is 0 Å². The van der Waals surface area contributed by atoms with Crippen LogP contribution in [0.5, 0.6) is 0 Å². The third-order valence-electron chi connectivity index (χ3n) is 5.87.